The van der Waals surface area contributed by atoms with Crippen LogP contribution in [0.3, 0.4) is 0 Å². The van der Waals surface area contributed by atoms with Crippen molar-refractivity contribution in [1.82, 2.24) is 5.32 Å². The first-order chi connectivity index (χ1) is 42.0. The first-order valence-corrected chi connectivity index (χ1v) is 38.8. The number of ether oxygens (including phenoxy) is 1. The van der Waals surface area contributed by atoms with Gasteiger partial charge in [-0.3, -0.25) is 9.59 Å². The summed E-state index contributed by atoms with van der Waals surface area (Å²) in [7, 11) is 0. The lowest BCUT2D eigenvalue weighted by atomic mass is 10.0. The number of hydrogen-bond acceptors (Lipinski definition) is 5. The Labute approximate surface area is 532 Å². The zero-order valence-corrected chi connectivity index (χ0v) is 57.6. The van der Waals surface area contributed by atoms with Crippen molar-refractivity contribution in [2.75, 3.05) is 13.2 Å². The monoisotopic (exact) mass is 1190 g/mol. The summed E-state index contributed by atoms with van der Waals surface area (Å²) in [6.07, 6.45) is 96.9. The maximum absolute atomic E-state index is 12.6. The number of esters is 1. The molecule has 0 aromatic heterocycles. The SMILES string of the molecule is CCCCCC/C=C\CCCCCCCC(=O)OCCCCCCCCCCCCCC/C=C\CCCCCCCCCCCCCCCCCC(=O)NC(CO)C(O)/C=C/CCCCCCCCCCCCCCCCCCCCCCCC. The Morgan fingerprint density at radius 2 is 0.553 bits per heavy atom. The number of aliphatic hydroxyl groups excluding tert-OH is 2. The Morgan fingerprint density at radius 3 is 0.847 bits per heavy atom. The summed E-state index contributed by atoms with van der Waals surface area (Å²) >= 11 is 0. The van der Waals surface area contributed by atoms with Gasteiger partial charge in [-0.2, -0.15) is 0 Å². The molecule has 0 aromatic rings. The zero-order chi connectivity index (χ0) is 61.3. The molecule has 0 spiro atoms. The van der Waals surface area contributed by atoms with Crippen molar-refractivity contribution in [1.29, 1.82) is 0 Å². The van der Waals surface area contributed by atoms with Crippen molar-refractivity contribution in [3.05, 3.63) is 36.5 Å². The predicted molar refractivity (Wildman–Crippen MR) is 375 cm³/mol. The molecule has 0 aromatic carbocycles. The third kappa shape index (κ3) is 71.0. The van der Waals surface area contributed by atoms with Crippen LogP contribution in [0.25, 0.3) is 0 Å². The van der Waals surface area contributed by atoms with E-state index in [1.165, 1.54) is 360 Å². The van der Waals surface area contributed by atoms with Crippen LogP contribution < -0.4 is 5.32 Å². The highest BCUT2D eigenvalue weighted by molar-refractivity contribution is 5.76. The van der Waals surface area contributed by atoms with Gasteiger partial charge in [0, 0.05) is 12.8 Å². The highest BCUT2D eigenvalue weighted by Crippen LogP contribution is 2.19. The molecule has 6 nitrogen and oxygen atoms in total. The fourth-order valence-corrected chi connectivity index (χ4v) is 12.2. The van der Waals surface area contributed by atoms with Gasteiger partial charge in [0.25, 0.3) is 0 Å². The van der Waals surface area contributed by atoms with Crippen LogP contribution >= 0.6 is 0 Å². The third-order valence-corrected chi connectivity index (χ3v) is 18.1. The van der Waals surface area contributed by atoms with E-state index in [1.54, 1.807) is 6.08 Å². The van der Waals surface area contributed by atoms with Crippen LogP contribution in [0.4, 0.5) is 0 Å². The molecule has 0 aliphatic carbocycles. The van der Waals surface area contributed by atoms with Crippen LogP contribution in [-0.4, -0.2) is 47.4 Å². The van der Waals surface area contributed by atoms with Crippen LogP contribution in [0.1, 0.15) is 431 Å². The molecule has 85 heavy (non-hydrogen) atoms. The van der Waals surface area contributed by atoms with Crippen molar-refractivity contribution in [2.45, 2.75) is 443 Å². The summed E-state index contributed by atoms with van der Waals surface area (Å²) in [5.74, 6) is -0.0524. The van der Waals surface area contributed by atoms with Crippen molar-refractivity contribution >= 4 is 11.9 Å². The molecule has 6 heteroatoms. The second-order valence-corrected chi connectivity index (χ2v) is 26.7. The van der Waals surface area contributed by atoms with E-state index in [0.717, 1.165) is 44.9 Å². The first kappa shape index (κ1) is 83.1. The molecule has 0 aliphatic heterocycles. The summed E-state index contributed by atoms with van der Waals surface area (Å²) in [4.78, 5) is 24.6. The molecule has 1 amide bonds. The van der Waals surface area contributed by atoms with Crippen LogP contribution in [0, 0.1) is 0 Å². The van der Waals surface area contributed by atoms with E-state index in [0.29, 0.717) is 19.4 Å². The Hall–Kier alpha value is -1.92. The minimum Gasteiger partial charge on any atom is -0.466 e. The summed E-state index contributed by atoms with van der Waals surface area (Å²) in [5, 5.41) is 23.3. The molecule has 2 atom stereocenters. The smallest absolute Gasteiger partial charge is 0.305 e. The Bertz CT molecular complexity index is 1380. The maximum atomic E-state index is 12.6. The van der Waals surface area contributed by atoms with Gasteiger partial charge in [-0.25, -0.2) is 0 Å². The number of aliphatic hydroxyl groups is 2. The molecule has 2 unspecified atom stereocenters. The third-order valence-electron chi connectivity index (χ3n) is 18.1. The van der Waals surface area contributed by atoms with Gasteiger partial charge in [0.1, 0.15) is 0 Å². The molecule has 0 saturated carbocycles. The molecule has 0 rings (SSSR count). The number of unbranched alkanes of at least 4 members (excludes halogenated alkanes) is 58. The van der Waals surface area contributed by atoms with Crippen molar-refractivity contribution in [3.63, 3.8) is 0 Å². The average Bonchev–Trinajstić information content (AvgIpc) is 3.51. The standard InChI is InChI=1S/C79H151NO5/c1-3-5-7-9-11-13-15-17-18-19-20-21-22-32-35-38-41-44-48-51-55-59-63-67-71-77(82)76(75-81)80-78(83)72-68-64-60-56-52-49-45-42-39-36-33-30-28-26-24-23-25-27-29-31-34-37-40-43-46-50-54-58-62-66-70-74-85-79(84)73-69-65-61-57-53-47-16-14-12-10-8-6-4-2/h14,16,25,27,67,71,76-77,81-82H,3-13,15,17-24,26,28-66,68-70,72-75H2,1-2H3,(H,80,83)/b16-14-,27-25-,71-67+. The lowest BCUT2D eigenvalue weighted by Gasteiger charge is -2.20. The van der Waals surface area contributed by atoms with E-state index in [1.807, 2.05) is 6.08 Å². The van der Waals surface area contributed by atoms with Gasteiger partial charge in [0.2, 0.25) is 5.91 Å². The van der Waals surface area contributed by atoms with E-state index in [9.17, 15) is 19.8 Å². The number of hydrogen-bond donors (Lipinski definition) is 3. The molecule has 502 valence electrons. The van der Waals surface area contributed by atoms with Crippen LogP contribution in [0.2, 0.25) is 0 Å². The van der Waals surface area contributed by atoms with Gasteiger partial charge in [0.15, 0.2) is 0 Å². The van der Waals surface area contributed by atoms with Crippen LogP contribution in [0.5, 0.6) is 0 Å². The Kier molecular flexibility index (Phi) is 72.9. The highest BCUT2D eigenvalue weighted by atomic mass is 16.5. The largest absolute Gasteiger partial charge is 0.466 e. The van der Waals surface area contributed by atoms with E-state index in [4.69, 9.17) is 4.74 Å². The van der Waals surface area contributed by atoms with Gasteiger partial charge in [-0.1, -0.05) is 371 Å². The van der Waals surface area contributed by atoms with Gasteiger partial charge in [-0.05, 0) is 83.5 Å². The number of carbonyl (C=O) groups is 2. The number of nitrogens with one attached hydrogen (secondary N) is 1. The molecule has 3 N–H and O–H groups in total. The summed E-state index contributed by atoms with van der Waals surface area (Å²) in [6.45, 7) is 4.93. The van der Waals surface area contributed by atoms with Crippen LogP contribution in [0.15, 0.2) is 36.5 Å². The van der Waals surface area contributed by atoms with Crippen LogP contribution in [-0.2, 0) is 14.3 Å². The number of carbonyl (C=O) groups excluding carboxylic acids is 2. The predicted octanol–water partition coefficient (Wildman–Crippen LogP) is 25.4. The van der Waals surface area contributed by atoms with E-state index in [-0.39, 0.29) is 18.5 Å². The second-order valence-electron chi connectivity index (χ2n) is 26.7. The van der Waals surface area contributed by atoms with E-state index >= 15 is 0 Å². The first-order valence-electron chi connectivity index (χ1n) is 38.8. The van der Waals surface area contributed by atoms with Gasteiger partial charge in [0.05, 0.1) is 25.4 Å². The summed E-state index contributed by atoms with van der Waals surface area (Å²) in [6, 6.07) is -0.628. The molecular weight excluding hydrogens is 1040 g/mol. The fraction of sp³-hybridized carbons (Fsp3) is 0.899. The van der Waals surface area contributed by atoms with Crippen molar-refractivity contribution in [2.24, 2.45) is 0 Å². The normalized spacial score (nSPS) is 12.7. The summed E-state index contributed by atoms with van der Waals surface area (Å²) < 4.78 is 5.48. The minimum absolute atomic E-state index is 0.00870. The number of amides is 1. The highest BCUT2D eigenvalue weighted by Gasteiger charge is 2.18. The lowest BCUT2D eigenvalue weighted by molar-refractivity contribution is -0.143. The number of allylic oxidation sites excluding steroid dienone is 5. The zero-order valence-electron chi connectivity index (χ0n) is 57.6. The lowest BCUT2D eigenvalue weighted by Crippen LogP contribution is -2.45. The fourth-order valence-electron chi connectivity index (χ4n) is 12.2. The molecular formula is C79H151NO5. The molecule has 0 fully saturated rings. The van der Waals surface area contributed by atoms with Gasteiger partial charge >= 0.3 is 5.97 Å². The Balaban J connectivity index is 3.39. The Morgan fingerprint density at radius 1 is 0.318 bits per heavy atom. The average molecular weight is 1200 g/mol. The second kappa shape index (κ2) is 74.5. The molecule has 0 saturated heterocycles. The maximum Gasteiger partial charge on any atom is 0.305 e. The summed E-state index contributed by atoms with van der Waals surface area (Å²) in [5.41, 5.74) is 0. The van der Waals surface area contributed by atoms with Crippen molar-refractivity contribution < 1.29 is 24.5 Å². The van der Waals surface area contributed by atoms with Gasteiger partial charge in [-0.15, -0.1) is 0 Å². The number of rotatable bonds is 73. The molecule has 0 aliphatic rings. The topological polar surface area (TPSA) is 95.9 Å². The molecule has 0 heterocycles. The van der Waals surface area contributed by atoms with Crippen molar-refractivity contribution in [3.8, 4) is 0 Å². The van der Waals surface area contributed by atoms with E-state index in [2.05, 4.69) is 43.5 Å². The quantitative estimate of drug-likeness (QED) is 0.0320. The molecule has 0 bridgehead atoms. The van der Waals surface area contributed by atoms with Gasteiger partial charge < -0.3 is 20.3 Å². The van der Waals surface area contributed by atoms with E-state index < -0.39 is 12.1 Å². The molecule has 0 radical (unpaired) electrons. The minimum atomic E-state index is -0.845.